The van der Waals surface area contributed by atoms with Gasteiger partial charge in [-0.25, -0.2) is 4.98 Å². The molecule has 0 atom stereocenters. The number of hydrogen-bond acceptors (Lipinski definition) is 5. The second-order valence-corrected chi connectivity index (χ2v) is 7.51. The van der Waals surface area contributed by atoms with Crippen molar-refractivity contribution in [2.24, 2.45) is 10.9 Å². The van der Waals surface area contributed by atoms with Gasteiger partial charge < -0.3 is 19.4 Å². The lowest BCUT2D eigenvalue weighted by Crippen LogP contribution is -2.46. The summed E-state index contributed by atoms with van der Waals surface area (Å²) in [5.41, 5.74) is 3.08. The first-order chi connectivity index (χ1) is 14.6. The van der Waals surface area contributed by atoms with Crippen LogP contribution in [0.25, 0.3) is 11.5 Å². The normalized spacial score (nSPS) is 15.3. The van der Waals surface area contributed by atoms with Crippen molar-refractivity contribution in [1.82, 2.24) is 15.2 Å². The van der Waals surface area contributed by atoms with Crippen LogP contribution in [0.2, 0.25) is 0 Å². The quantitative estimate of drug-likeness (QED) is 0.426. The summed E-state index contributed by atoms with van der Waals surface area (Å²) < 4.78 is 10.8. The van der Waals surface area contributed by atoms with Crippen LogP contribution in [0.1, 0.15) is 37.9 Å². The molecule has 7 nitrogen and oxygen atoms in total. The fourth-order valence-corrected chi connectivity index (χ4v) is 3.54. The fraction of sp³-hybridized carbons (Fsp3) is 0.522. The summed E-state index contributed by atoms with van der Waals surface area (Å²) in [4.78, 5) is 23.5. The van der Waals surface area contributed by atoms with Crippen molar-refractivity contribution < 1.29 is 13.9 Å². The smallest absolute Gasteiger partial charge is 0.309 e. The van der Waals surface area contributed by atoms with E-state index in [0.29, 0.717) is 25.5 Å². The minimum Gasteiger partial charge on any atom is -0.466 e. The minimum absolute atomic E-state index is 0.000554. The number of ether oxygens (including phenoxy) is 1. The van der Waals surface area contributed by atoms with Gasteiger partial charge in [-0.15, -0.1) is 0 Å². The number of likely N-dealkylation sites (tertiary alicyclic amines) is 1. The molecule has 3 rings (SSSR count). The van der Waals surface area contributed by atoms with Gasteiger partial charge >= 0.3 is 5.97 Å². The predicted molar refractivity (Wildman–Crippen MR) is 117 cm³/mol. The van der Waals surface area contributed by atoms with Gasteiger partial charge in [-0.05, 0) is 45.7 Å². The number of benzene rings is 1. The van der Waals surface area contributed by atoms with Crippen molar-refractivity contribution in [2.75, 3.05) is 32.8 Å². The van der Waals surface area contributed by atoms with Gasteiger partial charge in [0.25, 0.3) is 0 Å². The van der Waals surface area contributed by atoms with Crippen molar-refractivity contribution >= 4 is 11.9 Å². The molecule has 0 bridgehead atoms. The highest BCUT2D eigenvalue weighted by Gasteiger charge is 2.27. The van der Waals surface area contributed by atoms with Crippen LogP contribution in [0.4, 0.5) is 0 Å². The van der Waals surface area contributed by atoms with E-state index in [4.69, 9.17) is 14.1 Å². The molecule has 1 aliphatic rings. The first-order valence-electron chi connectivity index (χ1n) is 10.8. The van der Waals surface area contributed by atoms with Crippen molar-refractivity contribution in [2.45, 2.75) is 40.0 Å². The van der Waals surface area contributed by atoms with Gasteiger partial charge in [-0.2, -0.15) is 0 Å². The van der Waals surface area contributed by atoms with E-state index < -0.39 is 0 Å². The third-order valence-corrected chi connectivity index (χ3v) is 5.23. The molecule has 1 aromatic carbocycles. The minimum atomic E-state index is -0.0745. The van der Waals surface area contributed by atoms with E-state index in [1.54, 1.807) is 6.26 Å². The Morgan fingerprint density at radius 2 is 2.00 bits per heavy atom. The second kappa shape index (κ2) is 10.8. The second-order valence-electron chi connectivity index (χ2n) is 7.51. The lowest BCUT2D eigenvalue weighted by atomic mass is 9.97. The fourth-order valence-electron chi connectivity index (χ4n) is 3.54. The van der Waals surface area contributed by atoms with Crippen molar-refractivity contribution in [3.8, 4) is 11.5 Å². The van der Waals surface area contributed by atoms with Crippen LogP contribution in [0.5, 0.6) is 0 Å². The molecule has 0 saturated carbocycles. The lowest BCUT2D eigenvalue weighted by molar-refractivity contribution is -0.149. The molecule has 0 aliphatic carbocycles. The molecule has 7 heteroatoms. The summed E-state index contributed by atoms with van der Waals surface area (Å²) in [7, 11) is 0. The number of hydrogen-bond donors (Lipinski definition) is 1. The zero-order valence-electron chi connectivity index (χ0n) is 18.2. The molecule has 0 amide bonds. The van der Waals surface area contributed by atoms with Gasteiger partial charge in [0, 0.05) is 38.2 Å². The highest BCUT2D eigenvalue weighted by atomic mass is 16.5. The average molecular weight is 413 g/mol. The van der Waals surface area contributed by atoms with Crippen LogP contribution in [0.15, 0.2) is 39.9 Å². The van der Waals surface area contributed by atoms with Crippen LogP contribution in [-0.2, 0) is 16.0 Å². The number of carbonyl (C=O) groups excluding carboxylic acids is 1. The number of nitrogens with one attached hydrogen (secondary N) is 1. The molecule has 30 heavy (non-hydrogen) atoms. The van der Waals surface area contributed by atoms with Gasteiger partial charge in [0.05, 0.1) is 18.2 Å². The van der Waals surface area contributed by atoms with Gasteiger partial charge in [-0.3, -0.25) is 9.79 Å². The largest absolute Gasteiger partial charge is 0.466 e. The van der Waals surface area contributed by atoms with Gasteiger partial charge in [0.15, 0.2) is 5.96 Å². The summed E-state index contributed by atoms with van der Waals surface area (Å²) in [5, 5.41) is 3.36. The summed E-state index contributed by atoms with van der Waals surface area (Å²) in [5.74, 6) is 1.46. The Labute approximate surface area is 178 Å². The van der Waals surface area contributed by atoms with E-state index in [9.17, 15) is 4.79 Å². The van der Waals surface area contributed by atoms with Crippen LogP contribution in [-0.4, -0.2) is 54.6 Å². The Bertz CT molecular complexity index is 836. The maximum absolute atomic E-state index is 11.9. The van der Waals surface area contributed by atoms with E-state index in [0.717, 1.165) is 49.7 Å². The van der Waals surface area contributed by atoms with Crippen LogP contribution >= 0.6 is 0 Å². The molecular formula is C23H32N4O3. The zero-order chi connectivity index (χ0) is 21.3. The number of aryl methyl sites for hydroxylation is 1. The third-order valence-electron chi connectivity index (χ3n) is 5.23. The molecule has 162 valence electrons. The molecule has 0 radical (unpaired) electrons. The van der Waals surface area contributed by atoms with Crippen LogP contribution in [0.3, 0.4) is 0 Å². The first kappa shape index (κ1) is 21.9. The standard InChI is InChI=1S/C23H32N4O3/c1-4-24-23(27-14-11-19(12-15-27)22(28)29-5-2)25-13-10-20-16-30-21(26-20)18-8-6-17(3)7-9-18/h6-9,16,19H,4-5,10-15H2,1-3H3,(H,24,25). The SMILES string of the molecule is CCNC(=NCCc1coc(-c2ccc(C)cc2)n1)N1CCC(C(=O)OCC)CC1. The van der Waals surface area contributed by atoms with Crippen LogP contribution in [0, 0.1) is 12.8 Å². The first-order valence-corrected chi connectivity index (χ1v) is 10.8. The number of guanidine groups is 1. The number of aliphatic imine (C=N–C) groups is 1. The van der Waals surface area contributed by atoms with E-state index in [-0.39, 0.29) is 11.9 Å². The Balaban J connectivity index is 1.54. The Morgan fingerprint density at radius 1 is 1.27 bits per heavy atom. The number of piperidine rings is 1. The molecule has 2 aromatic rings. The van der Waals surface area contributed by atoms with Crippen LogP contribution < -0.4 is 5.32 Å². The third kappa shape index (κ3) is 5.84. The highest BCUT2D eigenvalue weighted by Crippen LogP contribution is 2.20. The number of oxazole rings is 1. The van der Waals surface area contributed by atoms with E-state index in [1.807, 2.05) is 19.1 Å². The number of carbonyl (C=O) groups is 1. The zero-order valence-corrected chi connectivity index (χ0v) is 18.2. The molecule has 1 saturated heterocycles. The average Bonchev–Trinajstić information content (AvgIpc) is 3.23. The molecule has 2 heterocycles. The van der Waals surface area contributed by atoms with E-state index in [2.05, 4.69) is 41.2 Å². The lowest BCUT2D eigenvalue weighted by Gasteiger charge is -2.33. The molecule has 0 unspecified atom stereocenters. The monoisotopic (exact) mass is 412 g/mol. The predicted octanol–water partition coefficient (Wildman–Crippen LogP) is 3.43. The molecule has 1 aromatic heterocycles. The maximum atomic E-state index is 11.9. The molecule has 1 aliphatic heterocycles. The number of rotatable bonds is 7. The van der Waals surface area contributed by atoms with Gasteiger partial charge in [-0.1, -0.05) is 17.7 Å². The Morgan fingerprint density at radius 3 is 2.67 bits per heavy atom. The van der Waals surface area contributed by atoms with Gasteiger partial charge in [0.1, 0.15) is 6.26 Å². The summed E-state index contributed by atoms with van der Waals surface area (Å²) >= 11 is 0. The van der Waals surface area contributed by atoms with Crippen molar-refractivity contribution in [3.63, 3.8) is 0 Å². The van der Waals surface area contributed by atoms with Crippen molar-refractivity contribution in [3.05, 3.63) is 41.8 Å². The number of aromatic nitrogens is 1. The Hall–Kier alpha value is -2.83. The van der Waals surface area contributed by atoms with E-state index >= 15 is 0 Å². The number of nitrogens with zero attached hydrogens (tertiary/aromatic N) is 3. The topological polar surface area (TPSA) is 80.0 Å². The summed E-state index contributed by atoms with van der Waals surface area (Å²) in [6.07, 6.45) is 4.02. The molecular weight excluding hydrogens is 380 g/mol. The molecule has 1 fully saturated rings. The van der Waals surface area contributed by atoms with E-state index in [1.165, 1.54) is 5.56 Å². The summed E-state index contributed by atoms with van der Waals surface area (Å²) in [6.45, 7) is 9.45. The Kier molecular flexibility index (Phi) is 7.88. The number of esters is 1. The molecule has 1 N–H and O–H groups in total. The van der Waals surface area contributed by atoms with Crippen molar-refractivity contribution in [1.29, 1.82) is 0 Å². The maximum Gasteiger partial charge on any atom is 0.309 e. The summed E-state index contributed by atoms with van der Waals surface area (Å²) in [6, 6.07) is 8.15. The van der Waals surface area contributed by atoms with Gasteiger partial charge in [0.2, 0.25) is 5.89 Å². The highest BCUT2D eigenvalue weighted by molar-refractivity contribution is 5.80. The molecule has 0 spiro atoms.